The molecule has 4 heteroatoms. The summed E-state index contributed by atoms with van der Waals surface area (Å²) in [5.74, 6) is -0.463. The molecule has 4 nitrogen and oxygen atoms in total. The molecule has 0 fully saturated rings. The molecule has 0 aliphatic heterocycles. The minimum atomic E-state index is -0.941. The number of likely N-dealkylation sites (N-methyl/N-ethyl adjacent to an activating group) is 1. The second-order valence-corrected chi connectivity index (χ2v) is 2.54. The van der Waals surface area contributed by atoms with Crippen molar-refractivity contribution in [3.8, 4) is 0 Å². The fourth-order valence-electron chi connectivity index (χ4n) is 0.477. The summed E-state index contributed by atoms with van der Waals surface area (Å²) < 4.78 is 4.81. The van der Waals surface area contributed by atoms with Gasteiger partial charge in [-0.2, -0.15) is 0 Å². The third-order valence-electron chi connectivity index (χ3n) is 1.32. The lowest BCUT2D eigenvalue weighted by Crippen LogP contribution is -2.43. The van der Waals surface area contributed by atoms with Crippen molar-refractivity contribution in [2.45, 2.75) is 19.4 Å². The van der Waals surface area contributed by atoms with E-state index in [9.17, 15) is 4.79 Å². The predicted octanol–water partition coefficient (Wildman–Crippen LogP) is 0.259. The zero-order chi connectivity index (χ0) is 8.36. The number of carbonyl (C=O) groups is 1. The Hall–Kier alpha value is -0.610. The summed E-state index contributed by atoms with van der Waals surface area (Å²) in [5, 5.41) is 9.21. The SMILES string of the molecule is COC(C)(C)C(=O)N(C)O. The lowest BCUT2D eigenvalue weighted by Gasteiger charge is -2.23. The van der Waals surface area contributed by atoms with Gasteiger partial charge in [-0.1, -0.05) is 0 Å². The lowest BCUT2D eigenvalue weighted by molar-refractivity contribution is -0.179. The molecule has 0 atom stereocenters. The molecule has 0 aliphatic rings. The van der Waals surface area contributed by atoms with Crippen LogP contribution in [-0.4, -0.2) is 35.9 Å². The molecule has 0 aromatic rings. The van der Waals surface area contributed by atoms with Crippen LogP contribution in [0.25, 0.3) is 0 Å². The van der Waals surface area contributed by atoms with Crippen LogP contribution in [0.5, 0.6) is 0 Å². The third-order valence-corrected chi connectivity index (χ3v) is 1.32. The van der Waals surface area contributed by atoms with Gasteiger partial charge < -0.3 is 4.74 Å². The summed E-state index contributed by atoms with van der Waals surface area (Å²) in [6.45, 7) is 3.17. The Balaban J connectivity index is 4.19. The van der Waals surface area contributed by atoms with Crippen molar-refractivity contribution in [3.05, 3.63) is 0 Å². The van der Waals surface area contributed by atoms with Gasteiger partial charge in [-0.25, -0.2) is 5.06 Å². The Morgan fingerprint density at radius 2 is 2.00 bits per heavy atom. The van der Waals surface area contributed by atoms with Crippen molar-refractivity contribution in [1.29, 1.82) is 0 Å². The van der Waals surface area contributed by atoms with Crippen molar-refractivity contribution in [2.75, 3.05) is 14.2 Å². The van der Waals surface area contributed by atoms with Crippen LogP contribution < -0.4 is 0 Å². The molecule has 0 aromatic carbocycles. The maximum atomic E-state index is 10.9. The number of nitrogens with zero attached hydrogens (tertiary/aromatic N) is 1. The van der Waals surface area contributed by atoms with Crippen LogP contribution in [0.3, 0.4) is 0 Å². The van der Waals surface area contributed by atoms with E-state index in [2.05, 4.69) is 0 Å². The minimum Gasteiger partial charge on any atom is -0.369 e. The van der Waals surface area contributed by atoms with E-state index >= 15 is 0 Å². The third kappa shape index (κ3) is 1.97. The molecule has 0 unspecified atom stereocenters. The van der Waals surface area contributed by atoms with Gasteiger partial charge >= 0.3 is 0 Å². The van der Waals surface area contributed by atoms with Crippen LogP contribution in [-0.2, 0) is 9.53 Å². The molecule has 0 spiro atoms. The largest absolute Gasteiger partial charge is 0.369 e. The van der Waals surface area contributed by atoms with Crippen LogP contribution in [0.15, 0.2) is 0 Å². The second kappa shape index (κ2) is 2.98. The van der Waals surface area contributed by atoms with Gasteiger partial charge in [-0.15, -0.1) is 0 Å². The summed E-state index contributed by atoms with van der Waals surface area (Å²) >= 11 is 0. The van der Waals surface area contributed by atoms with Gasteiger partial charge in [-0.05, 0) is 13.8 Å². The van der Waals surface area contributed by atoms with Crippen LogP contribution in [0.2, 0.25) is 0 Å². The highest BCUT2D eigenvalue weighted by molar-refractivity contribution is 5.83. The van der Waals surface area contributed by atoms with Crippen LogP contribution >= 0.6 is 0 Å². The quantitative estimate of drug-likeness (QED) is 0.450. The number of hydroxylamine groups is 2. The van der Waals surface area contributed by atoms with Gasteiger partial charge in [0.25, 0.3) is 5.91 Å². The molecule has 1 amide bonds. The first-order valence-corrected chi connectivity index (χ1v) is 2.94. The average molecular weight is 147 g/mol. The highest BCUT2D eigenvalue weighted by Gasteiger charge is 2.29. The van der Waals surface area contributed by atoms with E-state index in [1.165, 1.54) is 14.2 Å². The maximum absolute atomic E-state index is 10.9. The van der Waals surface area contributed by atoms with Crippen LogP contribution in [0, 0.1) is 0 Å². The number of rotatable bonds is 2. The summed E-state index contributed by atoms with van der Waals surface area (Å²) in [6, 6.07) is 0. The van der Waals surface area contributed by atoms with Gasteiger partial charge in [0.15, 0.2) is 0 Å². The van der Waals surface area contributed by atoms with Crippen molar-refractivity contribution in [3.63, 3.8) is 0 Å². The first kappa shape index (κ1) is 9.39. The fraction of sp³-hybridized carbons (Fsp3) is 0.833. The van der Waals surface area contributed by atoms with Crippen molar-refractivity contribution in [2.24, 2.45) is 0 Å². The summed E-state index contributed by atoms with van der Waals surface area (Å²) in [5.41, 5.74) is -0.941. The average Bonchev–Trinajstić information content (AvgIpc) is 1.86. The molecule has 0 radical (unpaired) electrons. The van der Waals surface area contributed by atoms with Gasteiger partial charge in [0, 0.05) is 14.2 Å². The van der Waals surface area contributed by atoms with E-state index < -0.39 is 11.5 Å². The molecule has 1 N–H and O–H groups in total. The summed E-state index contributed by atoms with van der Waals surface area (Å²) in [6.07, 6.45) is 0. The second-order valence-electron chi connectivity index (χ2n) is 2.54. The van der Waals surface area contributed by atoms with Crippen molar-refractivity contribution in [1.82, 2.24) is 5.06 Å². The van der Waals surface area contributed by atoms with Crippen molar-refractivity contribution < 1.29 is 14.7 Å². The summed E-state index contributed by atoms with van der Waals surface area (Å²) in [7, 11) is 2.69. The smallest absolute Gasteiger partial charge is 0.277 e. The number of hydrogen-bond donors (Lipinski definition) is 1. The van der Waals surface area contributed by atoms with Gasteiger partial charge in [0.2, 0.25) is 0 Å². The van der Waals surface area contributed by atoms with Crippen LogP contribution in [0.1, 0.15) is 13.8 Å². The monoisotopic (exact) mass is 147 g/mol. The van der Waals surface area contributed by atoms with Gasteiger partial charge in [0.05, 0.1) is 0 Å². The Kier molecular flexibility index (Phi) is 2.80. The Morgan fingerprint density at radius 3 is 2.10 bits per heavy atom. The molecule has 10 heavy (non-hydrogen) atoms. The number of hydrogen-bond acceptors (Lipinski definition) is 3. The first-order valence-electron chi connectivity index (χ1n) is 2.94. The zero-order valence-electron chi connectivity index (χ0n) is 6.71. The first-order chi connectivity index (χ1) is 4.41. The number of methoxy groups -OCH3 is 1. The molecule has 60 valence electrons. The highest BCUT2D eigenvalue weighted by Crippen LogP contribution is 2.09. The molecule has 0 aliphatic carbocycles. The number of ether oxygens (including phenoxy) is 1. The molecule has 0 saturated heterocycles. The van der Waals surface area contributed by atoms with Gasteiger partial charge in [0.1, 0.15) is 5.60 Å². The summed E-state index contributed by atoms with van der Waals surface area (Å²) in [4.78, 5) is 10.9. The minimum absolute atomic E-state index is 0.463. The molecule has 0 heterocycles. The van der Waals surface area contributed by atoms with E-state index in [1.807, 2.05) is 0 Å². The number of amides is 1. The Labute approximate surface area is 60.3 Å². The fourth-order valence-corrected chi connectivity index (χ4v) is 0.477. The van der Waals surface area contributed by atoms with E-state index in [-0.39, 0.29) is 0 Å². The molecular formula is C6H13NO3. The normalized spacial score (nSPS) is 11.3. The molecular weight excluding hydrogens is 134 g/mol. The lowest BCUT2D eigenvalue weighted by atomic mass is 10.1. The highest BCUT2D eigenvalue weighted by atomic mass is 16.5. The van der Waals surface area contributed by atoms with E-state index in [4.69, 9.17) is 9.94 Å². The van der Waals surface area contributed by atoms with E-state index in [0.717, 1.165) is 0 Å². The molecule has 0 bridgehead atoms. The Morgan fingerprint density at radius 1 is 1.60 bits per heavy atom. The number of carbonyl (C=O) groups excluding carboxylic acids is 1. The van der Waals surface area contributed by atoms with Crippen molar-refractivity contribution >= 4 is 5.91 Å². The molecule has 0 aromatic heterocycles. The standard InChI is InChI=1S/C6H13NO3/c1-6(2,10-4)5(8)7(3)9/h9H,1-4H3. The predicted molar refractivity (Wildman–Crippen MR) is 35.6 cm³/mol. The Bertz CT molecular complexity index is 131. The van der Waals surface area contributed by atoms with E-state index in [0.29, 0.717) is 5.06 Å². The van der Waals surface area contributed by atoms with E-state index in [1.54, 1.807) is 13.8 Å². The topological polar surface area (TPSA) is 49.8 Å². The van der Waals surface area contributed by atoms with Crippen LogP contribution in [0.4, 0.5) is 0 Å². The molecule has 0 saturated carbocycles. The zero-order valence-corrected chi connectivity index (χ0v) is 6.71. The van der Waals surface area contributed by atoms with Gasteiger partial charge in [-0.3, -0.25) is 10.0 Å². The molecule has 0 rings (SSSR count). The maximum Gasteiger partial charge on any atom is 0.277 e.